The normalized spacial score (nSPS) is 16.1. The number of rotatable bonds is 3. The van der Waals surface area contributed by atoms with Crippen molar-refractivity contribution in [3.8, 4) is 0 Å². The molecule has 1 N–H and O–H groups in total. The molecule has 1 fully saturated rings. The molecule has 0 unspecified atom stereocenters. The first-order valence-electron chi connectivity index (χ1n) is 6.56. The van der Waals surface area contributed by atoms with Gasteiger partial charge in [-0.05, 0) is 37.0 Å². The van der Waals surface area contributed by atoms with Gasteiger partial charge in [-0.3, -0.25) is 4.79 Å². The first-order valence-corrected chi connectivity index (χ1v) is 7.76. The maximum Gasteiger partial charge on any atom is 0.226 e. The highest BCUT2D eigenvalue weighted by Gasteiger charge is 2.19. The lowest BCUT2D eigenvalue weighted by molar-refractivity contribution is -0.117. The molecule has 1 heterocycles. The average Bonchev–Trinajstić information content (AvgIpc) is 2.97. The summed E-state index contributed by atoms with van der Waals surface area (Å²) in [5.41, 5.74) is 0.880. The lowest BCUT2D eigenvalue weighted by atomic mass is 10.0. The summed E-state index contributed by atoms with van der Waals surface area (Å²) in [7, 11) is 0. The molecule has 0 spiro atoms. The van der Waals surface area contributed by atoms with E-state index in [-0.39, 0.29) is 5.91 Å². The summed E-state index contributed by atoms with van der Waals surface area (Å²) in [6, 6.07) is 5.57. The molecule has 1 aromatic heterocycles. The maximum absolute atomic E-state index is 11.9. The lowest BCUT2D eigenvalue weighted by Crippen LogP contribution is -2.14. The number of benzene rings is 1. The van der Waals surface area contributed by atoms with Gasteiger partial charge in [0.1, 0.15) is 0 Å². The number of nitrogens with one attached hydrogen (secondary N) is 1. The Morgan fingerprint density at radius 3 is 3.00 bits per heavy atom. The first-order chi connectivity index (χ1) is 9.20. The third-order valence-electron chi connectivity index (χ3n) is 3.55. The summed E-state index contributed by atoms with van der Waals surface area (Å²) in [5, 5.41) is 4.26. The van der Waals surface area contributed by atoms with Gasteiger partial charge < -0.3 is 5.32 Å². The third-order valence-corrected chi connectivity index (χ3v) is 4.71. The molecule has 0 atom stereocenters. The number of nitrogens with zero attached hydrogens (tertiary/aromatic N) is 1. The molecule has 1 aliphatic carbocycles. The molecule has 2 aromatic rings. The van der Waals surface area contributed by atoms with Gasteiger partial charge in [-0.2, -0.15) is 0 Å². The second-order valence-electron chi connectivity index (χ2n) is 5.03. The quantitative estimate of drug-likeness (QED) is 0.907. The van der Waals surface area contributed by atoms with Crippen LogP contribution in [0.15, 0.2) is 18.2 Å². The minimum atomic E-state index is 0.0806. The predicted octanol–water partition coefficient (Wildman–Crippen LogP) is 4.47. The molecule has 3 rings (SSSR count). The number of anilines is 1. The van der Waals surface area contributed by atoms with Crippen molar-refractivity contribution in [2.75, 3.05) is 5.32 Å². The van der Waals surface area contributed by atoms with Gasteiger partial charge in [-0.15, -0.1) is 0 Å². The van der Waals surface area contributed by atoms with Gasteiger partial charge in [-0.25, -0.2) is 4.98 Å². The van der Waals surface area contributed by atoms with Crippen LogP contribution < -0.4 is 5.32 Å². The maximum atomic E-state index is 11.9. The Balaban J connectivity index is 1.68. The van der Waals surface area contributed by atoms with Gasteiger partial charge in [0.05, 0.1) is 10.2 Å². The number of halogens is 1. The van der Waals surface area contributed by atoms with Crippen LogP contribution in [-0.4, -0.2) is 10.9 Å². The van der Waals surface area contributed by atoms with Crippen LogP contribution in [0.25, 0.3) is 10.2 Å². The number of carbonyl (C=O) groups is 1. The van der Waals surface area contributed by atoms with Gasteiger partial charge in [0.25, 0.3) is 0 Å². The molecule has 100 valence electrons. The zero-order chi connectivity index (χ0) is 13.2. The van der Waals surface area contributed by atoms with Gasteiger partial charge in [0, 0.05) is 11.4 Å². The van der Waals surface area contributed by atoms with E-state index < -0.39 is 0 Å². The van der Waals surface area contributed by atoms with E-state index in [9.17, 15) is 4.79 Å². The van der Waals surface area contributed by atoms with Crippen molar-refractivity contribution in [2.45, 2.75) is 32.1 Å². The fourth-order valence-corrected chi connectivity index (χ4v) is 3.76. The van der Waals surface area contributed by atoms with Crippen molar-refractivity contribution < 1.29 is 4.79 Å². The van der Waals surface area contributed by atoms with Crippen LogP contribution in [-0.2, 0) is 4.79 Å². The van der Waals surface area contributed by atoms with E-state index >= 15 is 0 Å². The molecule has 0 aliphatic heterocycles. The van der Waals surface area contributed by atoms with Gasteiger partial charge in [0.15, 0.2) is 5.13 Å². The fraction of sp³-hybridized carbons (Fsp3) is 0.429. The van der Waals surface area contributed by atoms with E-state index in [1.54, 1.807) is 0 Å². The number of fused-ring (bicyclic) bond motifs is 1. The fourth-order valence-electron chi connectivity index (χ4n) is 2.60. The van der Waals surface area contributed by atoms with Crippen molar-refractivity contribution >= 4 is 44.2 Å². The summed E-state index contributed by atoms with van der Waals surface area (Å²) < 4.78 is 1.00. The highest BCUT2D eigenvalue weighted by Crippen LogP contribution is 2.30. The zero-order valence-corrected chi connectivity index (χ0v) is 12.1. The van der Waals surface area contributed by atoms with Crippen LogP contribution in [0, 0.1) is 5.92 Å². The molecule has 0 saturated heterocycles. The number of carbonyl (C=O) groups excluding carboxylic acids is 1. The van der Waals surface area contributed by atoms with Crippen LogP contribution in [0.2, 0.25) is 5.02 Å². The minimum absolute atomic E-state index is 0.0806. The van der Waals surface area contributed by atoms with Crippen molar-refractivity contribution in [3.63, 3.8) is 0 Å². The van der Waals surface area contributed by atoms with E-state index in [1.807, 2.05) is 18.2 Å². The standard InChI is InChI=1S/C14H15ClN2OS/c15-10-5-6-11-12(8-10)19-14(16-11)17-13(18)7-9-3-1-2-4-9/h5-6,8-9H,1-4,7H2,(H,16,17,18). The number of hydrogen-bond donors (Lipinski definition) is 1. The van der Waals surface area contributed by atoms with Crippen molar-refractivity contribution in [1.29, 1.82) is 0 Å². The molecule has 1 aromatic carbocycles. The number of aromatic nitrogens is 1. The van der Waals surface area contributed by atoms with Gasteiger partial charge >= 0.3 is 0 Å². The number of thiazole rings is 1. The largest absolute Gasteiger partial charge is 0.302 e. The smallest absolute Gasteiger partial charge is 0.226 e. The van der Waals surface area contributed by atoms with E-state index in [4.69, 9.17) is 11.6 Å². The Kier molecular flexibility index (Phi) is 3.71. The summed E-state index contributed by atoms with van der Waals surface area (Å²) in [6.07, 6.45) is 5.51. The second kappa shape index (κ2) is 5.47. The lowest BCUT2D eigenvalue weighted by Gasteiger charge is -2.07. The Morgan fingerprint density at radius 2 is 2.21 bits per heavy atom. The molecular weight excluding hydrogens is 280 g/mol. The highest BCUT2D eigenvalue weighted by atomic mass is 35.5. The van der Waals surface area contributed by atoms with Crippen molar-refractivity contribution in [1.82, 2.24) is 4.98 Å². The molecule has 0 radical (unpaired) electrons. The van der Waals surface area contributed by atoms with E-state index in [0.29, 0.717) is 22.5 Å². The summed E-state index contributed by atoms with van der Waals surface area (Å²) in [6.45, 7) is 0. The SMILES string of the molecule is O=C(CC1CCCC1)Nc1nc2ccc(Cl)cc2s1. The van der Waals surface area contributed by atoms with E-state index in [2.05, 4.69) is 10.3 Å². The Hall–Kier alpha value is -1.13. The van der Waals surface area contributed by atoms with Gasteiger partial charge in [0.2, 0.25) is 5.91 Å². The highest BCUT2D eigenvalue weighted by molar-refractivity contribution is 7.22. The predicted molar refractivity (Wildman–Crippen MR) is 79.8 cm³/mol. The minimum Gasteiger partial charge on any atom is -0.302 e. The molecule has 1 saturated carbocycles. The van der Waals surface area contributed by atoms with Crippen LogP contribution in [0.3, 0.4) is 0 Å². The average molecular weight is 295 g/mol. The zero-order valence-electron chi connectivity index (χ0n) is 10.5. The number of hydrogen-bond acceptors (Lipinski definition) is 3. The molecule has 5 heteroatoms. The van der Waals surface area contributed by atoms with Crippen LogP contribution in [0.4, 0.5) is 5.13 Å². The Morgan fingerprint density at radius 1 is 1.42 bits per heavy atom. The summed E-state index contributed by atoms with van der Waals surface area (Å²) in [4.78, 5) is 16.3. The summed E-state index contributed by atoms with van der Waals surface area (Å²) >= 11 is 7.41. The Labute approximate surface area is 121 Å². The van der Waals surface area contributed by atoms with Crippen molar-refractivity contribution in [2.24, 2.45) is 5.92 Å². The van der Waals surface area contributed by atoms with E-state index in [1.165, 1.54) is 37.0 Å². The topological polar surface area (TPSA) is 42.0 Å². The molecular formula is C14H15ClN2OS. The molecule has 3 nitrogen and oxygen atoms in total. The molecule has 0 bridgehead atoms. The van der Waals surface area contributed by atoms with Crippen LogP contribution in [0.1, 0.15) is 32.1 Å². The van der Waals surface area contributed by atoms with Crippen molar-refractivity contribution in [3.05, 3.63) is 23.2 Å². The third kappa shape index (κ3) is 3.07. The van der Waals surface area contributed by atoms with E-state index in [0.717, 1.165) is 10.2 Å². The van der Waals surface area contributed by atoms with Gasteiger partial charge in [-0.1, -0.05) is 35.8 Å². The molecule has 19 heavy (non-hydrogen) atoms. The van der Waals surface area contributed by atoms with Crippen LogP contribution >= 0.6 is 22.9 Å². The second-order valence-corrected chi connectivity index (χ2v) is 6.50. The monoisotopic (exact) mass is 294 g/mol. The number of amides is 1. The van der Waals surface area contributed by atoms with Crippen LogP contribution in [0.5, 0.6) is 0 Å². The first kappa shape index (κ1) is 12.9. The Bertz CT molecular complexity index is 605. The summed E-state index contributed by atoms with van der Waals surface area (Å²) in [5.74, 6) is 0.640. The molecule has 1 amide bonds. The molecule has 1 aliphatic rings.